The first kappa shape index (κ1) is 31.6. The van der Waals surface area contributed by atoms with Gasteiger partial charge in [-0.1, -0.05) is 140 Å². The summed E-state index contributed by atoms with van der Waals surface area (Å²) in [7, 11) is 0. The van der Waals surface area contributed by atoms with Crippen molar-refractivity contribution in [2.75, 3.05) is 0 Å². The molecule has 57 heavy (non-hydrogen) atoms. The largest absolute Gasteiger partial charge is 0.437 e. The maximum absolute atomic E-state index is 6.69. The third-order valence-corrected chi connectivity index (χ3v) is 11.4. The van der Waals surface area contributed by atoms with Crippen molar-refractivity contribution in [2.24, 2.45) is 0 Å². The Labute approximate surface area is 327 Å². The van der Waals surface area contributed by atoms with Crippen molar-refractivity contribution in [1.29, 1.82) is 0 Å². The van der Waals surface area contributed by atoms with E-state index < -0.39 is 0 Å². The number of benzene rings is 8. The van der Waals surface area contributed by atoms with E-state index in [2.05, 4.69) is 197 Å². The second-order valence-corrected chi connectivity index (χ2v) is 14.6. The van der Waals surface area contributed by atoms with Gasteiger partial charge >= 0.3 is 0 Å². The molecule has 5 nitrogen and oxygen atoms in total. The molecule has 266 valence electrons. The van der Waals surface area contributed by atoms with Gasteiger partial charge in [0.15, 0.2) is 0 Å². The van der Waals surface area contributed by atoms with Crippen LogP contribution < -0.4 is 0 Å². The van der Waals surface area contributed by atoms with Crippen LogP contribution in [-0.2, 0) is 0 Å². The molecule has 0 spiro atoms. The van der Waals surface area contributed by atoms with E-state index in [1.165, 1.54) is 33.0 Å². The molecule has 8 aromatic carbocycles. The molecule has 0 aliphatic heterocycles. The van der Waals surface area contributed by atoms with Gasteiger partial charge in [-0.3, -0.25) is 4.57 Å². The first-order valence-corrected chi connectivity index (χ1v) is 19.2. The average Bonchev–Trinajstić information content (AvgIpc) is 3.94. The first-order chi connectivity index (χ1) is 28.3. The molecule has 0 aliphatic carbocycles. The van der Waals surface area contributed by atoms with E-state index in [-0.39, 0.29) is 0 Å². The van der Waals surface area contributed by atoms with Crippen molar-refractivity contribution in [1.82, 2.24) is 19.1 Å². The van der Waals surface area contributed by atoms with E-state index in [1.807, 2.05) is 6.07 Å². The maximum Gasteiger partial charge on any atom is 0.238 e. The van der Waals surface area contributed by atoms with Gasteiger partial charge in [0.25, 0.3) is 0 Å². The Morgan fingerprint density at radius 3 is 1.47 bits per heavy atom. The highest BCUT2D eigenvalue weighted by Gasteiger charge is 2.22. The topological polar surface area (TPSA) is 48.8 Å². The Hall–Kier alpha value is -7.76. The Morgan fingerprint density at radius 1 is 0.351 bits per heavy atom. The van der Waals surface area contributed by atoms with Crippen molar-refractivity contribution < 1.29 is 4.42 Å². The van der Waals surface area contributed by atoms with Crippen LogP contribution in [0.3, 0.4) is 0 Å². The monoisotopic (exact) mass is 728 g/mol. The lowest BCUT2D eigenvalue weighted by atomic mass is 10.0. The molecule has 0 amide bonds. The number of hydrogen-bond donors (Lipinski definition) is 0. The zero-order valence-electron chi connectivity index (χ0n) is 30.7. The molecule has 0 saturated carbocycles. The molecule has 4 aromatic heterocycles. The molecule has 0 saturated heterocycles. The molecule has 0 unspecified atom stereocenters. The van der Waals surface area contributed by atoms with E-state index in [0.29, 0.717) is 11.7 Å². The fraction of sp³-hybridized carbons (Fsp3) is 0. The van der Waals surface area contributed by atoms with Gasteiger partial charge in [-0.25, -0.2) is 4.98 Å². The maximum atomic E-state index is 6.69. The predicted molar refractivity (Wildman–Crippen MR) is 234 cm³/mol. The van der Waals surface area contributed by atoms with Crippen LogP contribution in [-0.4, -0.2) is 19.1 Å². The number of nitrogens with zero attached hydrogens (tertiary/aromatic N) is 4. The summed E-state index contributed by atoms with van der Waals surface area (Å²) in [5.74, 6) is 0.566. The average molecular weight is 729 g/mol. The van der Waals surface area contributed by atoms with Gasteiger partial charge in [0.05, 0.1) is 33.1 Å². The zero-order chi connectivity index (χ0) is 37.5. The number of hydrogen-bond acceptors (Lipinski definition) is 3. The molecule has 0 fully saturated rings. The molecule has 12 aromatic rings. The summed E-state index contributed by atoms with van der Waals surface area (Å²) >= 11 is 0. The molecule has 0 N–H and O–H groups in total. The van der Waals surface area contributed by atoms with Crippen molar-refractivity contribution in [3.63, 3.8) is 0 Å². The Balaban J connectivity index is 1.09. The van der Waals surface area contributed by atoms with Gasteiger partial charge in [0.2, 0.25) is 11.7 Å². The van der Waals surface area contributed by atoms with Gasteiger partial charge in [0.1, 0.15) is 5.58 Å². The second kappa shape index (κ2) is 12.4. The lowest BCUT2D eigenvalue weighted by Gasteiger charge is -2.10. The normalized spacial score (nSPS) is 11.9. The van der Waals surface area contributed by atoms with Crippen LogP contribution >= 0.6 is 0 Å². The van der Waals surface area contributed by atoms with Crippen molar-refractivity contribution in [2.45, 2.75) is 0 Å². The second-order valence-electron chi connectivity index (χ2n) is 14.6. The Bertz CT molecular complexity index is 3510. The van der Waals surface area contributed by atoms with E-state index in [0.717, 1.165) is 66.1 Å². The van der Waals surface area contributed by atoms with Crippen LogP contribution in [0.2, 0.25) is 0 Å². The van der Waals surface area contributed by atoms with Crippen LogP contribution in [0.4, 0.5) is 0 Å². The highest BCUT2D eigenvalue weighted by atomic mass is 16.3. The van der Waals surface area contributed by atoms with Crippen molar-refractivity contribution in [3.8, 4) is 45.1 Å². The molecule has 5 heteroatoms. The van der Waals surface area contributed by atoms with Crippen LogP contribution in [0, 0.1) is 0 Å². The Morgan fingerprint density at radius 2 is 0.860 bits per heavy atom. The van der Waals surface area contributed by atoms with Gasteiger partial charge in [0, 0.05) is 38.2 Å². The fourth-order valence-corrected chi connectivity index (χ4v) is 8.76. The lowest BCUT2D eigenvalue weighted by molar-refractivity contribution is 0.651. The standard InChI is InChI=1S/C52H32N4O/c1-4-14-33(15-5-1)36-24-27-46-41(30-36)39-20-10-12-22-44(39)55(46)38-26-29-48-43(32-38)49-50(35-18-8-3-9-19-35)53-52(54-51(49)57-48)56-45-23-13-11-21-40(45)42-31-37(25-28-47(42)56)34-16-6-2-7-17-34/h1-32H. The molecule has 4 heterocycles. The molecule has 0 atom stereocenters. The van der Waals surface area contributed by atoms with E-state index >= 15 is 0 Å². The quantitative estimate of drug-likeness (QED) is 0.177. The van der Waals surface area contributed by atoms with E-state index in [9.17, 15) is 0 Å². The molecule has 0 bridgehead atoms. The summed E-state index contributed by atoms with van der Waals surface area (Å²) in [5.41, 5.74) is 13.3. The number of furan rings is 1. The number of para-hydroxylation sites is 2. The first-order valence-electron chi connectivity index (χ1n) is 19.2. The van der Waals surface area contributed by atoms with E-state index in [4.69, 9.17) is 14.4 Å². The van der Waals surface area contributed by atoms with Crippen molar-refractivity contribution >= 4 is 65.7 Å². The third kappa shape index (κ3) is 4.89. The van der Waals surface area contributed by atoms with E-state index in [1.54, 1.807) is 0 Å². The molecular formula is C52H32N4O. The number of rotatable bonds is 5. The van der Waals surface area contributed by atoms with Crippen LogP contribution in [0.25, 0.3) is 111 Å². The highest BCUT2D eigenvalue weighted by molar-refractivity contribution is 6.14. The molecule has 0 radical (unpaired) electrons. The van der Waals surface area contributed by atoms with Crippen LogP contribution in [0.5, 0.6) is 0 Å². The minimum Gasteiger partial charge on any atom is -0.437 e. The van der Waals surface area contributed by atoms with Gasteiger partial charge in [-0.15, -0.1) is 0 Å². The molecule has 0 aliphatic rings. The third-order valence-electron chi connectivity index (χ3n) is 11.4. The zero-order valence-corrected chi connectivity index (χ0v) is 30.7. The summed E-state index contributed by atoms with van der Waals surface area (Å²) in [6.07, 6.45) is 0. The SMILES string of the molecule is c1ccc(-c2ccc3c(c2)c2ccccc2n3-c2ccc3oc4nc(-n5c6ccccc6c6cc(-c7ccccc7)ccc65)nc(-c5ccccc5)c4c3c2)cc1. The number of aromatic nitrogens is 4. The van der Waals surface area contributed by atoms with Gasteiger partial charge in [-0.05, 0) is 76.9 Å². The lowest BCUT2D eigenvalue weighted by Crippen LogP contribution is -2.02. The van der Waals surface area contributed by atoms with Crippen LogP contribution in [0.15, 0.2) is 199 Å². The van der Waals surface area contributed by atoms with Gasteiger partial charge < -0.3 is 8.98 Å². The number of fused-ring (bicyclic) bond motifs is 9. The Kier molecular flexibility index (Phi) is 6.86. The summed E-state index contributed by atoms with van der Waals surface area (Å²) in [5, 5.41) is 6.57. The van der Waals surface area contributed by atoms with Gasteiger partial charge in [-0.2, -0.15) is 4.98 Å². The fourth-order valence-electron chi connectivity index (χ4n) is 8.76. The summed E-state index contributed by atoms with van der Waals surface area (Å²) in [6, 6.07) is 68.5. The smallest absolute Gasteiger partial charge is 0.238 e. The van der Waals surface area contributed by atoms with Crippen molar-refractivity contribution in [3.05, 3.63) is 194 Å². The predicted octanol–water partition coefficient (Wildman–Crippen LogP) is 13.6. The minimum atomic E-state index is 0.549. The van der Waals surface area contributed by atoms with Crippen LogP contribution in [0.1, 0.15) is 0 Å². The summed E-state index contributed by atoms with van der Waals surface area (Å²) in [4.78, 5) is 10.7. The summed E-state index contributed by atoms with van der Waals surface area (Å²) in [6.45, 7) is 0. The molecule has 12 rings (SSSR count). The summed E-state index contributed by atoms with van der Waals surface area (Å²) < 4.78 is 11.2. The minimum absolute atomic E-state index is 0.549. The highest BCUT2D eigenvalue weighted by Crippen LogP contribution is 2.41. The molecular weight excluding hydrogens is 697 g/mol.